The summed E-state index contributed by atoms with van der Waals surface area (Å²) in [5, 5.41) is 2.94. The normalized spacial score (nSPS) is 32.2. The van der Waals surface area contributed by atoms with E-state index in [1.165, 1.54) is 0 Å². The van der Waals surface area contributed by atoms with E-state index in [0.29, 0.717) is 32.1 Å². The van der Waals surface area contributed by atoms with E-state index in [1.807, 2.05) is 4.90 Å². The van der Waals surface area contributed by atoms with Gasteiger partial charge in [0, 0.05) is 64.3 Å². The molecule has 3 aliphatic heterocycles. The third kappa shape index (κ3) is 4.18. The number of amides is 1. The number of nitrogens with one attached hydrogen (secondary N) is 1. The highest BCUT2D eigenvalue weighted by Crippen LogP contribution is 2.30. The van der Waals surface area contributed by atoms with Crippen LogP contribution < -0.4 is 5.32 Å². The van der Waals surface area contributed by atoms with Crippen molar-refractivity contribution in [2.45, 2.75) is 56.2 Å². The second-order valence-corrected chi connectivity index (χ2v) is 10.9. The van der Waals surface area contributed by atoms with Gasteiger partial charge in [0.15, 0.2) is 0 Å². The predicted molar refractivity (Wildman–Crippen MR) is 105 cm³/mol. The summed E-state index contributed by atoms with van der Waals surface area (Å²) in [6.07, 6.45) is 6.64. The van der Waals surface area contributed by atoms with Gasteiger partial charge in [0.25, 0.3) is 0 Å². The van der Waals surface area contributed by atoms with Crippen LogP contribution in [0.25, 0.3) is 0 Å². The molecule has 0 aromatic carbocycles. The van der Waals surface area contributed by atoms with Gasteiger partial charge in [0.2, 0.25) is 15.9 Å². The highest BCUT2D eigenvalue weighted by atomic mass is 32.2. The average Bonchev–Trinajstić information content (AvgIpc) is 3.40. The zero-order valence-corrected chi connectivity index (χ0v) is 17.1. The van der Waals surface area contributed by atoms with Crippen molar-refractivity contribution in [1.82, 2.24) is 19.4 Å². The molecule has 0 aromatic rings. The Kier molecular flexibility index (Phi) is 6.06. The van der Waals surface area contributed by atoms with Crippen LogP contribution in [-0.4, -0.2) is 92.1 Å². The van der Waals surface area contributed by atoms with Crippen molar-refractivity contribution in [3.8, 4) is 0 Å². The molecule has 7 nitrogen and oxygen atoms in total. The minimum absolute atomic E-state index is 0.135. The van der Waals surface area contributed by atoms with Crippen LogP contribution >= 0.6 is 0 Å². The van der Waals surface area contributed by atoms with Crippen LogP contribution in [0.4, 0.5) is 0 Å². The van der Waals surface area contributed by atoms with Gasteiger partial charge >= 0.3 is 0 Å². The molecule has 0 radical (unpaired) electrons. The molecule has 0 spiro atoms. The molecule has 1 amide bonds. The standard InChI is InChI=1S/C19H34N4O3S/c24-19(16-4-1-2-5-16)22-10-3-6-18(15-22)27(25,26)23-11-7-17(14-23)21-12-8-20-9-13-21/h16-18,20H,1-15H2. The number of carbonyl (C=O) groups is 1. The number of likely N-dealkylation sites (tertiary alicyclic amines) is 1. The molecule has 8 heteroatoms. The van der Waals surface area contributed by atoms with E-state index in [-0.39, 0.29) is 11.8 Å². The number of piperazine rings is 1. The van der Waals surface area contributed by atoms with Crippen molar-refractivity contribution >= 4 is 15.9 Å². The lowest BCUT2D eigenvalue weighted by atomic mass is 10.0. The van der Waals surface area contributed by atoms with Crippen LogP contribution in [0.1, 0.15) is 44.9 Å². The molecule has 3 saturated heterocycles. The number of sulfonamides is 1. The fourth-order valence-electron chi connectivity index (χ4n) is 5.31. The first-order valence-corrected chi connectivity index (χ1v) is 12.3. The molecule has 2 unspecified atom stereocenters. The van der Waals surface area contributed by atoms with Crippen LogP contribution in [0.15, 0.2) is 0 Å². The smallest absolute Gasteiger partial charge is 0.225 e. The van der Waals surface area contributed by atoms with E-state index < -0.39 is 15.3 Å². The van der Waals surface area contributed by atoms with E-state index in [2.05, 4.69) is 10.2 Å². The summed E-state index contributed by atoms with van der Waals surface area (Å²) in [4.78, 5) is 17.0. The first kappa shape index (κ1) is 19.6. The number of rotatable bonds is 4. The Hall–Kier alpha value is -0.700. The van der Waals surface area contributed by atoms with Crippen LogP contribution in [-0.2, 0) is 14.8 Å². The van der Waals surface area contributed by atoms with Gasteiger partial charge < -0.3 is 10.2 Å². The van der Waals surface area contributed by atoms with E-state index in [0.717, 1.165) is 71.2 Å². The fourth-order valence-corrected chi connectivity index (χ4v) is 7.30. The second-order valence-electron chi connectivity index (χ2n) is 8.66. The molecule has 27 heavy (non-hydrogen) atoms. The highest BCUT2D eigenvalue weighted by molar-refractivity contribution is 7.89. The molecular weight excluding hydrogens is 364 g/mol. The zero-order valence-electron chi connectivity index (χ0n) is 16.3. The molecule has 4 aliphatic rings. The zero-order chi connectivity index (χ0) is 18.9. The second kappa shape index (κ2) is 8.35. The Bertz CT molecular complexity index is 629. The van der Waals surface area contributed by atoms with Gasteiger partial charge in [-0.1, -0.05) is 12.8 Å². The number of nitrogens with zero attached hydrogens (tertiary/aromatic N) is 3. The van der Waals surface area contributed by atoms with Gasteiger partial charge in [0.05, 0.1) is 5.25 Å². The molecule has 1 N–H and O–H groups in total. The van der Waals surface area contributed by atoms with Gasteiger partial charge in [-0.15, -0.1) is 0 Å². The van der Waals surface area contributed by atoms with Gasteiger partial charge in [0.1, 0.15) is 0 Å². The Morgan fingerprint density at radius 1 is 0.852 bits per heavy atom. The quantitative estimate of drug-likeness (QED) is 0.746. The summed E-state index contributed by atoms with van der Waals surface area (Å²) < 4.78 is 28.2. The summed E-state index contributed by atoms with van der Waals surface area (Å²) in [5.74, 6) is 0.336. The first-order valence-electron chi connectivity index (χ1n) is 10.8. The summed E-state index contributed by atoms with van der Waals surface area (Å²) in [5.41, 5.74) is 0. The van der Waals surface area contributed by atoms with Gasteiger partial charge in [-0.05, 0) is 32.1 Å². The van der Waals surface area contributed by atoms with E-state index in [1.54, 1.807) is 4.31 Å². The molecule has 1 aliphatic carbocycles. The SMILES string of the molecule is O=C(C1CCCC1)N1CCCC(S(=O)(=O)N2CCC(N3CCNCC3)C2)C1. The van der Waals surface area contributed by atoms with Crippen LogP contribution in [0, 0.1) is 5.92 Å². The van der Waals surface area contributed by atoms with Crippen LogP contribution in [0.5, 0.6) is 0 Å². The van der Waals surface area contributed by atoms with Crippen molar-refractivity contribution in [1.29, 1.82) is 0 Å². The van der Waals surface area contributed by atoms with Crippen molar-refractivity contribution in [3.05, 3.63) is 0 Å². The maximum atomic E-state index is 13.3. The minimum atomic E-state index is -3.33. The van der Waals surface area contributed by atoms with E-state index >= 15 is 0 Å². The molecular formula is C19H34N4O3S. The lowest BCUT2D eigenvalue weighted by Crippen LogP contribution is -2.52. The highest BCUT2D eigenvalue weighted by Gasteiger charge is 2.41. The number of piperidine rings is 1. The molecule has 0 bridgehead atoms. The van der Waals surface area contributed by atoms with Gasteiger partial charge in [-0.3, -0.25) is 9.69 Å². The summed E-state index contributed by atoms with van der Waals surface area (Å²) in [6, 6.07) is 0.349. The summed E-state index contributed by atoms with van der Waals surface area (Å²) in [6.45, 7) is 6.36. The lowest BCUT2D eigenvalue weighted by molar-refractivity contribution is -0.136. The van der Waals surface area contributed by atoms with Gasteiger partial charge in [-0.25, -0.2) is 12.7 Å². The molecule has 154 valence electrons. The molecule has 2 atom stereocenters. The maximum Gasteiger partial charge on any atom is 0.225 e. The van der Waals surface area contributed by atoms with Crippen LogP contribution in [0.3, 0.4) is 0 Å². The molecule has 4 fully saturated rings. The third-order valence-electron chi connectivity index (χ3n) is 6.97. The monoisotopic (exact) mass is 398 g/mol. The van der Waals surface area contributed by atoms with E-state index in [9.17, 15) is 13.2 Å². The van der Waals surface area contributed by atoms with Crippen molar-refractivity contribution in [2.24, 2.45) is 5.92 Å². The number of hydrogen-bond donors (Lipinski definition) is 1. The first-order chi connectivity index (χ1) is 13.1. The molecule has 3 heterocycles. The molecule has 1 saturated carbocycles. The number of hydrogen-bond acceptors (Lipinski definition) is 5. The Morgan fingerprint density at radius 3 is 2.33 bits per heavy atom. The third-order valence-corrected chi connectivity index (χ3v) is 9.25. The van der Waals surface area contributed by atoms with Gasteiger partial charge in [-0.2, -0.15) is 0 Å². The maximum absolute atomic E-state index is 13.3. The van der Waals surface area contributed by atoms with Crippen molar-refractivity contribution < 1.29 is 13.2 Å². The Labute approximate surface area is 163 Å². The topological polar surface area (TPSA) is 73.0 Å². The summed E-state index contributed by atoms with van der Waals surface area (Å²) in [7, 11) is -3.33. The Balaban J connectivity index is 1.37. The molecule has 0 aromatic heterocycles. The average molecular weight is 399 g/mol. The Morgan fingerprint density at radius 2 is 1.59 bits per heavy atom. The predicted octanol–water partition coefficient (Wildman–Crippen LogP) is 0.477. The lowest BCUT2D eigenvalue weighted by Gasteiger charge is -2.36. The minimum Gasteiger partial charge on any atom is -0.341 e. The van der Waals surface area contributed by atoms with Crippen LogP contribution in [0.2, 0.25) is 0 Å². The summed E-state index contributed by atoms with van der Waals surface area (Å²) >= 11 is 0. The van der Waals surface area contributed by atoms with E-state index in [4.69, 9.17) is 0 Å². The number of carbonyl (C=O) groups excluding carboxylic acids is 1. The van der Waals surface area contributed by atoms with Crippen molar-refractivity contribution in [3.63, 3.8) is 0 Å². The molecule has 4 rings (SSSR count). The largest absolute Gasteiger partial charge is 0.341 e. The van der Waals surface area contributed by atoms with Crippen molar-refractivity contribution in [2.75, 3.05) is 52.4 Å². The fraction of sp³-hybridized carbons (Fsp3) is 0.947.